The zero-order valence-electron chi connectivity index (χ0n) is 23.4. The summed E-state index contributed by atoms with van der Waals surface area (Å²) in [6.07, 6.45) is 9.90. The molecular weight excluding hydrogens is 448 g/mol. The molecule has 0 nitrogen and oxygen atoms in total. The first-order valence-electron chi connectivity index (χ1n) is 14.0. The van der Waals surface area contributed by atoms with Gasteiger partial charge in [0.1, 0.15) is 0 Å². The van der Waals surface area contributed by atoms with Crippen LogP contribution < -0.4 is 15.6 Å². The van der Waals surface area contributed by atoms with E-state index in [0.29, 0.717) is 23.3 Å². The molecular formula is C35H44Si. The van der Waals surface area contributed by atoms with Crippen molar-refractivity contribution >= 4 is 23.6 Å². The van der Waals surface area contributed by atoms with Crippen LogP contribution in [0.5, 0.6) is 0 Å². The summed E-state index contributed by atoms with van der Waals surface area (Å²) in [5, 5.41) is 4.58. The van der Waals surface area contributed by atoms with Crippen LogP contribution in [-0.2, 0) is 0 Å². The molecule has 3 aromatic rings. The van der Waals surface area contributed by atoms with Crippen LogP contribution in [0.25, 0.3) is 0 Å². The summed E-state index contributed by atoms with van der Waals surface area (Å²) in [4.78, 5) is 0. The molecule has 4 rings (SSSR count). The van der Waals surface area contributed by atoms with E-state index in [2.05, 4.69) is 139 Å². The van der Waals surface area contributed by atoms with E-state index in [4.69, 9.17) is 0 Å². The van der Waals surface area contributed by atoms with E-state index >= 15 is 0 Å². The van der Waals surface area contributed by atoms with Gasteiger partial charge in [-0.15, -0.1) is 0 Å². The van der Waals surface area contributed by atoms with Crippen LogP contribution in [0.15, 0.2) is 96.6 Å². The Morgan fingerprint density at radius 1 is 0.639 bits per heavy atom. The fourth-order valence-corrected chi connectivity index (χ4v) is 11.1. The molecule has 0 spiro atoms. The summed E-state index contributed by atoms with van der Waals surface area (Å²) < 4.78 is 0. The first-order valence-corrected chi connectivity index (χ1v) is 16.0. The van der Waals surface area contributed by atoms with Gasteiger partial charge in [-0.05, 0) is 56.4 Å². The van der Waals surface area contributed by atoms with Crippen molar-refractivity contribution in [3.8, 4) is 0 Å². The van der Waals surface area contributed by atoms with Crippen molar-refractivity contribution in [3.05, 3.63) is 113 Å². The van der Waals surface area contributed by atoms with Gasteiger partial charge in [-0.1, -0.05) is 151 Å². The van der Waals surface area contributed by atoms with E-state index in [1.807, 2.05) is 0 Å². The minimum Gasteiger partial charge on any atom is -0.0790 e. The highest BCUT2D eigenvalue weighted by Crippen LogP contribution is 2.34. The molecule has 0 saturated carbocycles. The van der Waals surface area contributed by atoms with Crippen molar-refractivity contribution in [1.82, 2.24) is 0 Å². The van der Waals surface area contributed by atoms with Crippen LogP contribution in [0.2, 0.25) is 5.54 Å². The first kappa shape index (κ1) is 26.4. The number of hydrogen-bond donors (Lipinski definition) is 0. The van der Waals surface area contributed by atoms with E-state index in [-0.39, 0.29) is 0 Å². The summed E-state index contributed by atoms with van der Waals surface area (Å²) >= 11 is 0. The molecule has 1 aliphatic rings. The van der Waals surface area contributed by atoms with Gasteiger partial charge < -0.3 is 0 Å². The van der Waals surface area contributed by atoms with E-state index in [1.54, 1.807) is 0 Å². The second-order valence-electron chi connectivity index (χ2n) is 11.5. The molecule has 0 bridgehead atoms. The second kappa shape index (κ2) is 11.2. The molecule has 0 radical (unpaired) electrons. The topological polar surface area (TPSA) is 0 Å². The molecule has 0 aliphatic heterocycles. The highest BCUT2D eigenvalue weighted by molar-refractivity contribution is 7.13. The molecule has 188 valence electrons. The lowest BCUT2D eigenvalue weighted by atomic mass is 10.0. The van der Waals surface area contributed by atoms with Gasteiger partial charge in [0.2, 0.25) is 0 Å². The van der Waals surface area contributed by atoms with Gasteiger partial charge >= 0.3 is 0 Å². The van der Waals surface area contributed by atoms with Gasteiger partial charge in [-0.25, -0.2) is 0 Å². The van der Waals surface area contributed by atoms with E-state index < -0.39 is 8.07 Å². The maximum absolute atomic E-state index is 2.61. The number of rotatable bonds is 9. The Morgan fingerprint density at radius 2 is 1.06 bits per heavy atom. The monoisotopic (exact) mass is 492 g/mol. The predicted molar refractivity (Wildman–Crippen MR) is 162 cm³/mol. The maximum Gasteiger partial charge on any atom is 0.158 e. The zero-order chi connectivity index (χ0) is 25.9. The Hall–Kier alpha value is -2.64. The Kier molecular flexibility index (Phi) is 8.20. The molecule has 36 heavy (non-hydrogen) atoms. The van der Waals surface area contributed by atoms with Gasteiger partial charge in [0, 0.05) is 5.54 Å². The zero-order valence-corrected chi connectivity index (χ0v) is 24.4. The third-order valence-corrected chi connectivity index (χ3v) is 13.0. The molecule has 1 atom stereocenters. The molecule has 0 N–H and O–H groups in total. The van der Waals surface area contributed by atoms with Crippen LogP contribution >= 0.6 is 0 Å². The largest absolute Gasteiger partial charge is 0.158 e. The van der Waals surface area contributed by atoms with Crippen LogP contribution in [0.4, 0.5) is 0 Å². The lowest BCUT2D eigenvalue weighted by Gasteiger charge is -2.39. The van der Waals surface area contributed by atoms with Crippen LogP contribution in [0.3, 0.4) is 0 Å². The van der Waals surface area contributed by atoms with E-state index in [1.165, 1.54) is 44.2 Å². The van der Waals surface area contributed by atoms with Crippen LogP contribution in [0, 0.1) is 0 Å². The summed E-state index contributed by atoms with van der Waals surface area (Å²) in [5.41, 5.74) is 6.20. The predicted octanol–water partition coefficient (Wildman–Crippen LogP) is 8.19. The minimum atomic E-state index is -2.46. The number of benzene rings is 3. The molecule has 0 aromatic heterocycles. The lowest BCUT2D eigenvalue weighted by molar-refractivity contribution is 0.867. The van der Waals surface area contributed by atoms with Gasteiger partial charge in [-0.3, -0.25) is 0 Å². The molecule has 1 aliphatic carbocycles. The Bertz CT molecular complexity index is 1120. The van der Waals surface area contributed by atoms with Crippen molar-refractivity contribution in [2.45, 2.75) is 84.6 Å². The molecule has 0 fully saturated rings. The fraction of sp³-hybridized carbons (Fsp3) is 0.371. The van der Waals surface area contributed by atoms with Gasteiger partial charge in [-0.2, -0.15) is 0 Å². The molecule has 0 amide bonds. The average Bonchev–Trinajstić information content (AvgIpc) is 3.34. The van der Waals surface area contributed by atoms with E-state index in [9.17, 15) is 0 Å². The summed E-state index contributed by atoms with van der Waals surface area (Å²) in [6.45, 7) is 16.2. The standard InChI is InChI=1S/C35H44Si/c1-8-12-28-19-20-35(21-28)36(32-16-9-13-29(22-32)25(2)3,33-17-10-14-30(23-33)26(4)5)34-18-11-15-31(24-34)27(6)7/h9-11,13-27,35H,8,12H2,1-7H3. The van der Waals surface area contributed by atoms with Crippen molar-refractivity contribution < 1.29 is 0 Å². The fourth-order valence-electron chi connectivity index (χ4n) is 5.80. The SMILES string of the molecule is CCCC1=CC([Si](c2cccc(C(C)C)c2)(c2cccc(C(C)C)c2)c2cccc(C(C)C)c2)C=C1. The third kappa shape index (κ3) is 5.09. The maximum atomic E-state index is 2.61. The molecule has 0 heterocycles. The molecule has 0 saturated heterocycles. The van der Waals surface area contributed by atoms with Crippen LogP contribution in [-0.4, -0.2) is 8.07 Å². The highest BCUT2D eigenvalue weighted by atomic mass is 28.3. The Balaban J connectivity index is 2.11. The summed E-state index contributed by atoms with van der Waals surface area (Å²) in [5.74, 6) is 1.52. The molecule has 1 unspecified atom stereocenters. The van der Waals surface area contributed by atoms with Crippen LogP contribution in [0.1, 0.15) is 95.8 Å². The summed E-state index contributed by atoms with van der Waals surface area (Å²) in [7, 11) is -2.46. The quantitative estimate of drug-likeness (QED) is 0.209. The number of allylic oxidation sites excluding steroid dienone is 4. The third-order valence-electron chi connectivity index (χ3n) is 7.98. The van der Waals surface area contributed by atoms with Crippen molar-refractivity contribution in [3.63, 3.8) is 0 Å². The Labute approximate surface area is 221 Å². The number of hydrogen-bond acceptors (Lipinski definition) is 0. The van der Waals surface area contributed by atoms with Gasteiger partial charge in [0.15, 0.2) is 8.07 Å². The smallest absolute Gasteiger partial charge is 0.0790 e. The average molecular weight is 493 g/mol. The molecule has 3 aromatic carbocycles. The normalized spacial score (nSPS) is 15.8. The van der Waals surface area contributed by atoms with Crippen molar-refractivity contribution in [1.29, 1.82) is 0 Å². The Morgan fingerprint density at radius 3 is 1.42 bits per heavy atom. The minimum absolute atomic E-state index is 0.395. The molecule has 1 heteroatoms. The first-order chi connectivity index (χ1) is 17.3. The lowest BCUT2D eigenvalue weighted by Crippen LogP contribution is -2.69. The van der Waals surface area contributed by atoms with Crippen molar-refractivity contribution in [2.75, 3.05) is 0 Å². The van der Waals surface area contributed by atoms with Gasteiger partial charge in [0.25, 0.3) is 0 Å². The summed E-state index contributed by atoms with van der Waals surface area (Å²) in [6, 6.07) is 28.8. The highest BCUT2D eigenvalue weighted by Gasteiger charge is 2.46. The van der Waals surface area contributed by atoms with Crippen molar-refractivity contribution in [2.24, 2.45) is 0 Å². The van der Waals surface area contributed by atoms with E-state index in [0.717, 1.165) is 6.42 Å². The van der Waals surface area contributed by atoms with Gasteiger partial charge in [0.05, 0.1) is 0 Å². The second-order valence-corrected chi connectivity index (χ2v) is 15.5.